The zero-order valence-electron chi connectivity index (χ0n) is 12.1. The molecular weight excluding hydrogens is 328 g/mol. The van der Waals surface area contributed by atoms with Crippen LogP contribution in [0.15, 0.2) is 22.9 Å². The molecule has 0 aromatic carbocycles. The van der Waals surface area contributed by atoms with Gasteiger partial charge >= 0.3 is 0 Å². The number of nitrogen functional groups attached to an aromatic ring is 1. The number of aryl methyl sites for hydroxylation is 1. The van der Waals surface area contributed by atoms with E-state index in [9.17, 15) is 0 Å². The summed E-state index contributed by atoms with van der Waals surface area (Å²) in [5.41, 5.74) is 9.35. The molecule has 2 aromatic heterocycles. The average molecular weight is 347 g/mol. The molecule has 1 saturated carbocycles. The van der Waals surface area contributed by atoms with Gasteiger partial charge in [0.05, 0.1) is 10.2 Å². The second-order valence-corrected chi connectivity index (χ2v) is 6.29. The predicted molar refractivity (Wildman–Crippen MR) is 88.0 cm³/mol. The molecule has 0 spiro atoms. The van der Waals surface area contributed by atoms with E-state index in [0.717, 1.165) is 33.5 Å². The molecule has 0 bridgehead atoms. The van der Waals surface area contributed by atoms with Gasteiger partial charge in [-0.05, 0) is 46.8 Å². The molecule has 2 heterocycles. The second-order valence-electron chi connectivity index (χ2n) is 5.50. The lowest BCUT2D eigenvalue weighted by Gasteiger charge is -2.15. The van der Waals surface area contributed by atoms with E-state index in [1.54, 1.807) is 6.20 Å². The highest BCUT2D eigenvalue weighted by molar-refractivity contribution is 9.10. The number of halogens is 1. The zero-order valence-corrected chi connectivity index (χ0v) is 13.7. The Morgan fingerprint density at radius 2 is 2.05 bits per heavy atom. The Labute approximate surface area is 133 Å². The molecule has 21 heavy (non-hydrogen) atoms. The largest absolute Gasteiger partial charge is 0.383 e. The van der Waals surface area contributed by atoms with Crippen molar-refractivity contribution in [3.8, 4) is 11.4 Å². The van der Waals surface area contributed by atoms with Gasteiger partial charge in [0.25, 0.3) is 0 Å². The number of hydrogen-bond acceptors (Lipinski definition) is 4. The Bertz CT molecular complexity index is 651. The minimum Gasteiger partial charge on any atom is -0.383 e. The van der Waals surface area contributed by atoms with Crippen LogP contribution in [-0.4, -0.2) is 15.0 Å². The fourth-order valence-corrected chi connectivity index (χ4v) is 3.50. The van der Waals surface area contributed by atoms with E-state index < -0.39 is 0 Å². The van der Waals surface area contributed by atoms with Crippen LogP contribution in [-0.2, 0) is 6.42 Å². The molecule has 1 fully saturated rings. The molecule has 0 atom stereocenters. The van der Waals surface area contributed by atoms with Gasteiger partial charge < -0.3 is 5.73 Å². The fraction of sp³-hybridized carbons (Fsp3) is 0.438. The first-order valence-corrected chi connectivity index (χ1v) is 8.26. The molecule has 2 N–H and O–H groups in total. The maximum atomic E-state index is 6.10. The van der Waals surface area contributed by atoms with E-state index in [0.29, 0.717) is 11.7 Å². The molecule has 2 aromatic rings. The van der Waals surface area contributed by atoms with E-state index in [1.807, 2.05) is 12.3 Å². The van der Waals surface area contributed by atoms with Gasteiger partial charge in [-0.1, -0.05) is 19.8 Å². The van der Waals surface area contributed by atoms with Crippen LogP contribution in [0.1, 0.15) is 49.8 Å². The molecule has 5 heteroatoms. The van der Waals surface area contributed by atoms with Gasteiger partial charge in [-0.2, -0.15) is 0 Å². The normalized spacial score (nSPS) is 15.5. The lowest BCUT2D eigenvalue weighted by molar-refractivity contribution is 0.691. The van der Waals surface area contributed by atoms with Gasteiger partial charge in [-0.3, -0.25) is 4.98 Å². The van der Waals surface area contributed by atoms with Crippen molar-refractivity contribution in [1.82, 2.24) is 15.0 Å². The maximum Gasteiger partial charge on any atom is 0.162 e. The Hall–Kier alpha value is -1.49. The molecule has 0 aliphatic heterocycles. The van der Waals surface area contributed by atoms with Crippen molar-refractivity contribution >= 4 is 21.7 Å². The lowest BCUT2D eigenvalue weighted by Crippen LogP contribution is -2.06. The quantitative estimate of drug-likeness (QED) is 0.908. The summed E-state index contributed by atoms with van der Waals surface area (Å²) in [6, 6.07) is 1.97. The monoisotopic (exact) mass is 346 g/mol. The first-order chi connectivity index (χ1) is 10.2. The summed E-state index contributed by atoms with van der Waals surface area (Å²) in [6.07, 6.45) is 9.48. The summed E-state index contributed by atoms with van der Waals surface area (Å²) in [4.78, 5) is 13.5. The smallest absolute Gasteiger partial charge is 0.162 e. The third-order valence-corrected chi connectivity index (χ3v) is 4.98. The average Bonchev–Trinajstić information content (AvgIpc) is 3.04. The van der Waals surface area contributed by atoms with Gasteiger partial charge in [0.2, 0.25) is 0 Å². The molecular formula is C16H19BrN4. The minimum absolute atomic E-state index is 0.496. The van der Waals surface area contributed by atoms with Crippen LogP contribution in [0.25, 0.3) is 11.4 Å². The minimum atomic E-state index is 0.496. The molecule has 0 saturated heterocycles. The van der Waals surface area contributed by atoms with Crippen molar-refractivity contribution in [2.45, 2.75) is 44.9 Å². The molecule has 0 radical (unpaired) electrons. The Morgan fingerprint density at radius 3 is 2.76 bits per heavy atom. The van der Waals surface area contributed by atoms with Crippen LogP contribution >= 0.6 is 15.9 Å². The molecule has 3 rings (SSSR count). The van der Waals surface area contributed by atoms with Crippen LogP contribution in [0.3, 0.4) is 0 Å². The summed E-state index contributed by atoms with van der Waals surface area (Å²) in [7, 11) is 0. The van der Waals surface area contributed by atoms with Crippen molar-refractivity contribution in [3.05, 3.63) is 34.2 Å². The number of nitrogens with zero attached hydrogens (tertiary/aromatic N) is 3. The standard InChI is InChI=1S/C16H19BrN4/c1-2-10-9-19-8-7-12(10)16-20-14(11-5-3-4-6-11)13(17)15(18)21-16/h7-9,11H,2-6H2,1H3,(H2,18,20,21). The zero-order chi connectivity index (χ0) is 14.8. The first-order valence-electron chi connectivity index (χ1n) is 7.46. The Morgan fingerprint density at radius 1 is 1.29 bits per heavy atom. The van der Waals surface area contributed by atoms with Gasteiger partial charge in [-0.15, -0.1) is 0 Å². The third kappa shape index (κ3) is 2.79. The van der Waals surface area contributed by atoms with Crippen LogP contribution in [0.4, 0.5) is 5.82 Å². The summed E-state index contributed by atoms with van der Waals surface area (Å²) >= 11 is 3.57. The van der Waals surface area contributed by atoms with Crippen LogP contribution in [0, 0.1) is 0 Å². The van der Waals surface area contributed by atoms with Crippen molar-refractivity contribution in [3.63, 3.8) is 0 Å². The van der Waals surface area contributed by atoms with Crippen molar-refractivity contribution in [2.24, 2.45) is 0 Å². The van der Waals surface area contributed by atoms with E-state index >= 15 is 0 Å². The summed E-state index contributed by atoms with van der Waals surface area (Å²) in [5, 5.41) is 0. The molecule has 1 aliphatic rings. The van der Waals surface area contributed by atoms with Crippen LogP contribution < -0.4 is 5.73 Å². The number of nitrogens with two attached hydrogens (primary N) is 1. The molecule has 1 aliphatic carbocycles. The van der Waals surface area contributed by atoms with E-state index in [1.165, 1.54) is 25.7 Å². The van der Waals surface area contributed by atoms with Crippen molar-refractivity contribution < 1.29 is 0 Å². The Balaban J connectivity index is 2.11. The van der Waals surface area contributed by atoms with E-state index in [4.69, 9.17) is 10.7 Å². The van der Waals surface area contributed by atoms with Gasteiger partial charge in [-0.25, -0.2) is 9.97 Å². The highest BCUT2D eigenvalue weighted by Gasteiger charge is 2.24. The van der Waals surface area contributed by atoms with Crippen LogP contribution in [0.5, 0.6) is 0 Å². The molecule has 0 unspecified atom stereocenters. The number of rotatable bonds is 3. The Kier molecular flexibility index (Phi) is 4.19. The number of aromatic nitrogens is 3. The maximum absolute atomic E-state index is 6.10. The van der Waals surface area contributed by atoms with Gasteiger partial charge in [0.15, 0.2) is 5.82 Å². The second kappa shape index (κ2) is 6.10. The molecule has 0 amide bonds. The molecule has 4 nitrogen and oxygen atoms in total. The molecule has 110 valence electrons. The van der Waals surface area contributed by atoms with Gasteiger partial charge in [0, 0.05) is 23.9 Å². The highest BCUT2D eigenvalue weighted by atomic mass is 79.9. The van der Waals surface area contributed by atoms with Crippen molar-refractivity contribution in [2.75, 3.05) is 5.73 Å². The first kappa shape index (κ1) is 14.4. The number of anilines is 1. The SMILES string of the molecule is CCc1cnccc1-c1nc(N)c(Br)c(C2CCCC2)n1. The fourth-order valence-electron chi connectivity index (χ4n) is 3.00. The lowest BCUT2D eigenvalue weighted by atomic mass is 10.0. The summed E-state index contributed by atoms with van der Waals surface area (Å²) < 4.78 is 0.866. The van der Waals surface area contributed by atoms with Gasteiger partial charge in [0.1, 0.15) is 5.82 Å². The van der Waals surface area contributed by atoms with Crippen molar-refractivity contribution in [1.29, 1.82) is 0 Å². The summed E-state index contributed by atoms with van der Waals surface area (Å²) in [5.74, 6) is 1.74. The van der Waals surface area contributed by atoms with E-state index in [2.05, 4.69) is 32.8 Å². The number of hydrogen-bond donors (Lipinski definition) is 1. The highest BCUT2D eigenvalue weighted by Crippen LogP contribution is 2.39. The van der Waals surface area contributed by atoms with Crippen LogP contribution in [0.2, 0.25) is 0 Å². The predicted octanol–water partition coefficient (Wildman–Crippen LogP) is 4.10. The van der Waals surface area contributed by atoms with E-state index in [-0.39, 0.29) is 0 Å². The summed E-state index contributed by atoms with van der Waals surface area (Å²) in [6.45, 7) is 2.11. The number of pyridine rings is 1. The third-order valence-electron chi connectivity index (χ3n) is 4.17. The topological polar surface area (TPSA) is 64.7 Å².